The number of carbonyl (C=O) groups is 1. The van der Waals surface area contributed by atoms with Crippen molar-refractivity contribution in [3.63, 3.8) is 0 Å². The van der Waals surface area contributed by atoms with Crippen LogP contribution in [0.15, 0.2) is 24.4 Å². The van der Waals surface area contributed by atoms with E-state index in [0.717, 1.165) is 38.1 Å². The molecule has 27 heavy (non-hydrogen) atoms. The molecule has 1 fully saturated rings. The Labute approximate surface area is 154 Å². The molecule has 0 bridgehead atoms. The number of aryl methyl sites for hydroxylation is 1. The van der Waals surface area contributed by atoms with Crippen LogP contribution in [0.5, 0.6) is 0 Å². The first-order chi connectivity index (χ1) is 12.9. The maximum absolute atomic E-state index is 13.1. The molecule has 0 saturated carbocycles. The fourth-order valence-electron chi connectivity index (χ4n) is 3.07. The van der Waals surface area contributed by atoms with Crippen LogP contribution in [-0.2, 0) is 19.3 Å². The van der Waals surface area contributed by atoms with Gasteiger partial charge in [0, 0.05) is 19.6 Å². The minimum atomic E-state index is -4.48. The van der Waals surface area contributed by atoms with Crippen LogP contribution in [0.3, 0.4) is 0 Å². The molecule has 10 heteroatoms. The minimum Gasteiger partial charge on any atom is -0.370 e. The number of carbonyl (C=O) groups excluding carboxylic acids is 1. The van der Waals surface area contributed by atoms with E-state index in [2.05, 4.69) is 20.9 Å². The highest BCUT2D eigenvalue weighted by Gasteiger charge is 2.32. The van der Waals surface area contributed by atoms with Crippen molar-refractivity contribution in [1.29, 1.82) is 0 Å². The maximum Gasteiger partial charge on any atom is 0.416 e. The van der Waals surface area contributed by atoms with Crippen LogP contribution in [-0.4, -0.2) is 34.1 Å². The van der Waals surface area contributed by atoms with E-state index < -0.39 is 17.8 Å². The zero-order valence-electron chi connectivity index (χ0n) is 14.9. The lowest BCUT2D eigenvalue weighted by molar-refractivity contribution is -0.137. The molecule has 146 valence electrons. The summed E-state index contributed by atoms with van der Waals surface area (Å²) >= 11 is 0. The van der Waals surface area contributed by atoms with Gasteiger partial charge in [-0.3, -0.25) is 0 Å². The van der Waals surface area contributed by atoms with Crippen molar-refractivity contribution in [1.82, 2.24) is 20.3 Å². The second-order valence-electron chi connectivity index (χ2n) is 6.27. The number of alkyl halides is 3. The average Bonchev–Trinajstić information content (AvgIpc) is 3.30. The summed E-state index contributed by atoms with van der Waals surface area (Å²) in [7, 11) is 0. The Hall–Kier alpha value is -2.78. The van der Waals surface area contributed by atoms with Crippen molar-refractivity contribution in [3.8, 4) is 0 Å². The van der Waals surface area contributed by atoms with E-state index in [0.29, 0.717) is 17.9 Å². The Morgan fingerprint density at radius 2 is 2.00 bits per heavy atom. The Bertz CT molecular complexity index is 798. The summed E-state index contributed by atoms with van der Waals surface area (Å²) in [5.41, 5.74) is 0.646. The molecule has 1 aliphatic rings. The minimum absolute atomic E-state index is 0.145. The number of rotatable bonds is 5. The summed E-state index contributed by atoms with van der Waals surface area (Å²) in [4.78, 5) is 14.2. The van der Waals surface area contributed by atoms with Gasteiger partial charge in [-0.1, -0.05) is 5.21 Å². The molecule has 0 aliphatic carbocycles. The molecule has 1 saturated heterocycles. The highest BCUT2D eigenvalue weighted by molar-refractivity contribution is 5.93. The third kappa shape index (κ3) is 4.50. The van der Waals surface area contributed by atoms with Crippen LogP contribution in [0.4, 0.5) is 29.3 Å². The van der Waals surface area contributed by atoms with Crippen LogP contribution in [0.25, 0.3) is 0 Å². The lowest BCUT2D eigenvalue weighted by Crippen LogP contribution is -2.30. The predicted octanol–water partition coefficient (Wildman–Crippen LogP) is 3.24. The quantitative estimate of drug-likeness (QED) is 0.833. The first kappa shape index (κ1) is 19.0. The highest BCUT2D eigenvalue weighted by Crippen LogP contribution is 2.36. The van der Waals surface area contributed by atoms with Gasteiger partial charge in [-0.2, -0.15) is 13.2 Å². The van der Waals surface area contributed by atoms with E-state index in [-0.39, 0.29) is 12.2 Å². The van der Waals surface area contributed by atoms with Gasteiger partial charge in [0.25, 0.3) is 0 Å². The smallest absolute Gasteiger partial charge is 0.370 e. The van der Waals surface area contributed by atoms with Gasteiger partial charge in [0.1, 0.15) is 0 Å². The number of nitrogens with one attached hydrogen (secondary N) is 2. The molecule has 2 N–H and O–H groups in total. The Balaban J connectivity index is 1.75. The van der Waals surface area contributed by atoms with Gasteiger partial charge in [-0.25, -0.2) is 9.48 Å². The molecule has 0 spiro atoms. The Morgan fingerprint density at radius 1 is 1.26 bits per heavy atom. The number of halogens is 3. The van der Waals surface area contributed by atoms with Crippen LogP contribution in [0, 0.1) is 0 Å². The zero-order chi connectivity index (χ0) is 19.4. The van der Waals surface area contributed by atoms with Crippen LogP contribution < -0.4 is 15.5 Å². The fraction of sp³-hybridized carbons (Fsp3) is 0.471. The van der Waals surface area contributed by atoms with Crippen molar-refractivity contribution in [2.75, 3.05) is 23.3 Å². The number of amides is 2. The number of urea groups is 1. The lowest BCUT2D eigenvalue weighted by atomic mass is 10.1. The number of hydrogen-bond acceptors (Lipinski definition) is 4. The second-order valence-corrected chi connectivity index (χ2v) is 6.27. The monoisotopic (exact) mass is 382 g/mol. The molecule has 0 radical (unpaired) electrons. The molecular formula is C17H21F3N6O. The van der Waals surface area contributed by atoms with Crippen molar-refractivity contribution in [2.45, 2.75) is 39.0 Å². The standard InChI is InChI=1S/C17H21F3N6O/c1-2-26-13(11-22-24-26)10-21-16(27)23-14-9-12(17(18,19)20)5-6-15(14)25-7-3-4-8-25/h5-6,9,11H,2-4,7-8,10H2,1H3,(H2,21,23,27). The van der Waals surface area contributed by atoms with Gasteiger partial charge < -0.3 is 15.5 Å². The third-order valence-corrected chi connectivity index (χ3v) is 4.45. The molecular weight excluding hydrogens is 361 g/mol. The van der Waals surface area contributed by atoms with Gasteiger partial charge in [0.2, 0.25) is 0 Å². The largest absolute Gasteiger partial charge is 0.416 e. The Morgan fingerprint density at radius 3 is 2.67 bits per heavy atom. The summed E-state index contributed by atoms with van der Waals surface area (Å²) in [5, 5.41) is 12.8. The van der Waals surface area contributed by atoms with Gasteiger partial charge in [-0.05, 0) is 38.0 Å². The van der Waals surface area contributed by atoms with E-state index in [9.17, 15) is 18.0 Å². The first-order valence-electron chi connectivity index (χ1n) is 8.77. The normalized spacial score (nSPS) is 14.4. The van der Waals surface area contributed by atoms with Crippen LogP contribution >= 0.6 is 0 Å². The molecule has 0 unspecified atom stereocenters. The summed E-state index contributed by atoms with van der Waals surface area (Å²) in [6.45, 7) is 4.17. The van der Waals surface area contributed by atoms with E-state index in [1.165, 1.54) is 12.3 Å². The fourth-order valence-corrected chi connectivity index (χ4v) is 3.07. The number of nitrogens with zero attached hydrogens (tertiary/aromatic N) is 4. The number of aromatic nitrogens is 3. The average molecular weight is 382 g/mol. The summed E-state index contributed by atoms with van der Waals surface area (Å²) in [6, 6.07) is 2.85. The van der Waals surface area contributed by atoms with E-state index in [1.54, 1.807) is 4.68 Å². The molecule has 1 aromatic heterocycles. The summed E-state index contributed by atoms with van der Waals surface area (Å²) in [5.74, 6) is 0. The highest BCUT2D eigenvalue weighted by atomic mass is 19.4. The van der Waals surface area contributed by atoms with Crippen molar-refractivity contribution in [3.05, 3.63) is 35.7 Å². The summed E-state index contributed by atoms with van der Waals surface area (Å²) < 4.78 is 40.8. The van der Waals surface area contributed by atoms with E-state index >= 15 is 0 Å². The third-order valence-electron chi connectivity index (χ3n) is 4.45. The number of benzene rings is 1. The molecule has 2 amide bonds. The van der Waals surface area contributed by atoms with Gasteiger partial charge in [0.15, 0.2) is 0 Å². The van der Waals surface area contributed by atoms with Crippen molar-refractivity contribution >= 4 is 17.4 Å². The molecule has 0 atom stereocenters. The molecule has 1 aromatic carbocycles. The second kappa shape index (κ2) is 7.85. The molecule has 2 heterocycles. The van der Waals surface area contributed by atoms with Gasteiger partial charge in [-0.15, -0.1) is 5.10 Å². The zero-order valence-corrected chi connectivity index (χ0v) is 14.9. The number of hydrogen-bond donors (Lipinski definition) is 2. The molecule has 3 rings (SSSR count). The maximum atomic E-state index is 13.1. The van der Waals surface area contributed by atoms with Crippen molar-refractivity contribution < 1.29 is 18.0 Å². The van der Waals surface area contributed by atoms with Gasteiger partial charge >= 0.3 is 12.2 Å². The van der Waals surface area contributed by atoms with Crippen LogP contribution in [0.1, 0.15) is 31.0 Å². The first-order valence-corrected chi connectivity index (χ1v) is 8.77. The predicted molar refractivity (Wildman–Crippen MR) is 94.4 cm³/mol. The number of anilines is 2. The topological polar surface area (TPSA) is 75.1 Å². The molecule has 1 aliphatic heterocycles. The molecule has 2 aromatic rings. The lowest BCUT2D eigenvalue weighted by Gasteiger charge is -2.23. The van der Waals surface area contributed by atoms with E-state index in [1.807, 2.05) is 11.8 Å². The SMILES string of the molecule is CCn1nncc1CNC(=O)Nc1cc(C(F)(F)F)ccc1N1CCCC1. The van der Waals surface area contributed by atoms with Crippen LogP contribution in [0.2, 0.25) is 0 Å². The molecule has 7 nitrogen and oxygen atoms in total. The van der Waals surface area contributed by atoms with E-state index in [4.69, 9.17) is 0 Å². The summed E-state index contributed by atoms with van der Waals surface area (Å²) in [6.07, 6.45) is -0.999. The van der Waals surface area contributed by atoms with Crippen molar-refractivity contribution in [2.24, 2.45) is 0 Å². The Kier molecular flexibility index (Phi) is 5.52. The van der Waals surface area contributed by atoms with Gasteiger partial charge in [0.05, 0.1) is 35.4 Å².